The molecule has 0 amide bonds. The van der Waals surface area contributed by atoms with Crippen LogP contribution in [0.3, 0.4) is 0 Å². The van der Waals surface area contributed by atoms with Crippen LogP contribution in [0.15, 0.2) is 18.2 Å². The second-order valence-electron chi connectivity index (χ2n) is 4.89. The zero-order valence-electron chi connectivity index (χ0n) is 10.2. The summed E-state index contributed by atoms with van der Waals surface area (Å²) in [5, 5.41) is 13.1. The van der Waals surface area contributed by atoms with E-state index in [9.17, 15) is 9.50 Å². The van der Waals surface area contributed by atoms with Gasteiger partial charge in [-0.2, -0.15) is 0 Å². The molecule has 0 spiro atoms. The van der Waals surface area contributed by atoms with E-state index < -0.39 is 0 Å². The van der Waals surface area contributed by atoms with Crippen molar-refractivity contribution >= 4 is 5.69 Å². The Morgan fingerprint density at radius 3 is 2.82 bits per heavy atom. The van der Waals surface area contributed by atoms with Crippen molar-refractivity contribution in [1.29, 1.82) is 0 Å². The van der Waals surface area contributed by atoms with Gasteiger partial charge in [0.2, 0.25) is 0 Å². The van der Waals surface area contributed by atoms with Crippen LogP contribution < -0.4 is 5.32 Å². The van der Waals surface area contributed by atoms with E-state index in [4.69, 9.17) is 0 Å². The van der Waals surface area contributed by atoms with Crippen LogP contribution in [-0.2, 0) is 0 Å². The summed E-state index contributed by atoms with van der Waals surface area (Å²) in [6.45, 7) is 1.75. The molecular formula is C14H20FNO. The van der Waals surface area contributed by atoms with Crippen molar-refractivity contribution < 1.29 is 9.50 Å². The molecule has 1 aromatic carbocycles. The van der Waals surface area contributed by atoms with Gasteiger partial charge in [0.25, 0.3) is 0 Å². The van der Waals surface area contributed by atoms with Crippen LogP contribution in [0.5, 0.6) is 0 Å². The van der Waals surface area contributed by atoms with Gasteiger partial charge in [-0.25, -0.2) is 4.39 Å². The van der Waals surface area contributed by atoms with E-state index in [1.165, 1.54) is 0 Å². The van der Waals surface area contributed by atoms with Gasteiger partial charge in [-0.05, 0) is 31.4 Å². The van der Waals surface area contributed by atoms with E-state index in [-0.39, 0.29) is 18.0 Å². The molecule has 0 bridgehead atoms. The number of aryl methyl sites for hydroxylation is 1. The summed E-state index contributed by atoms with van der Waals surface area (Å²) < 4.78 is 13.8. The maximum absolute atomic E-state index is 13.8. The van der Waals surface area contributed by atoms with Gasteiger partial charge < -0.3 is 10.4 Å². The SMILES string of the molecule is Cc1cccc(NC2CCCCCC2O)c1F. The first-order chi connectivity index (χ1) is 8.18. The van der Waals surface area contributed by atoms with Crippen molar-refractivity contribution in [1.82, 2.24) is 0 Å². The van der Waals surface area contributed by atoms with Gasteiger partial charge in [0.1, 0.15) is 5.82 Å². The molecule has 1 aliphatic rings. The summed E-state index contributed by atoms with van der Waals surface area (Å²) in [4.78, 5) is 0. The monoisotopic (exact) mass is 237 g/mol. The maximum Gasteiger partial charge on any atom is 0.149 e. The van der Waals surface area contributed by atoms with E-state index in [1.807, 2.05) is 6.07 Å². The Bertz CT molecular complexity index is 380. The minimum atomic E-state index is -0.364. The first-order valence-electron chi connectivity index (χ1n) is 6.38. The largest absolute Gasteiger partial charge is 0.391 e. The zero-order chi connectivity index (χ0) is 12.3. The van der Waals surface area contributed by atoms with Gasteiger partial charge in [0.05, 0.1) is 17.8 Å². The van der Waals surface area contributed by atoms with Crippen LogP contribution in [0.25, 0.3) is 0 Å². The summed E-state index contributed by atoms with van der Waals surface area (Å²) in [5.74, 6) is -0.205. The molecule has 2 rings (SSSR count). The van der Waals surface area contributed by atoms with E-state index in [1.54, 1.807) is 19.1 Å². The lowest BCUT2D eigenvalue weighted by molar-refractivity contribution is 0.144. The molecule has 1 fully saturated rings. The Hall–Kier alpha value is -1.09. The zero-order valence-corrected chi connectivity index (χ0v) is 10.2. The van der Waals surface area contributed by atoms with Crippen LogP contribution in [0.1, 0.15) is 37.7 Å². The second kappa shape index (κ2) is 5.50. The molecule has 2 atom stereocenters. The Kier molecular flexibility index (Phi) is 4.00. The van der Waals surface area contributed by atoms with E-state index >= 15 is 0 Å². The highest BCUT2D eigenvalue weighted by atomic mass is 19.1. The molecule has 1 saturated carbocycles. The number of anilines is 1. The van der Waals surface area contributed by atoms with Crippen molar-refractivity contribution in [3.05, 3.63) is 29.6 Å². The molecule has 2 unspecified atom stereocenters. The predicted octanol–water partition coefficient (Wildman–Crippen LogP) is 3.24. The number of nitrogens with one attached hydrogen (secondary N) is 1. The summed E-state index contributed by atoms with van der Waals surface area (Å²) in [6, 6.07) is 5.31. The maximum atomic E-state index is 13.8. The Morgan fingerprint density at radius 2 is 2.00 bits per heavy atom. The van der Waals surface area contributed by atoms with Crippen LogP contribution in [0, 0.1) is 12.7 Å². The first kappa shape index (κ1) is 12.4. The van der Waals surface area contributed by atoms with Gasteiger partial charge in [-0.1, -0.05) is 31.4 Å². The minimum Gasteiger partial charge on any atom is -0.391 e. The third-order valence-electron chi connectivity index (χ3n) is 3.51. The number of halogens is 1. The topological polar surface area (TPSA) is 32.3 Å². The highest BCUT2D eigenvalue weighted by Crippen LogP contribution is 2.24. The smallest absolute Gasteiger partial charge is 0.149 e. The van der Waals surface area contributed by atoms with Gasteiger partial charge >= 0.3 is 0 Å². The van der Waals surface area contributed by atoms with Crippen LogP contribution >= 0.6 is 0 Å². The molecule has 1 aromatic rings. The molecule has 0 aromatic heterocycles. The highest BCUT2D eigenvalue weighted by Gasteiger charge is 2.22. The van der Waals surface area contributed by atoms with Crippen LogP contribution in [0.2, 0.25) is 0 Å². The van der Waals surface area contributed by atoms with E-state index in [2.05, 4.69) is 5.32 Å². The summed E-state index contributed by atoms with van der Waals surface area (Å²) >= 11 is 0. The molecule has 2 nitrogen and oxygen atoms in total. The van der Waals surface area contributed by atoms with Gasteiger partial charge in [0.15, 0.2) is 0 Å². The number of hydrogen-bond acceptors (Lipinski definition) is 2. The Balaban J connectivity index is 2.10. The molecule has 0 radical (unpaired) electrons. The van der Waals surface area contributed by atoms with Gasteiger partial charge in [0, 0.05) is 0 Å². The molecule has 0 aliphatic heterocycles. The third-order valence-corrected chi connectivity index (χ3v) is 3.51. The summed E-state index contributed by atoms with van der Waals surface area (Å²) in [6.07, 6.45) is 4.68. The fourth-order valence-corrected chi connectivity index (χ4v) is 2.42. The standard InChI is InChI=1S/C14H20FNO/c1-10-6-5-8-12(14(10)15)16-11-7-3-2-4-9-13(11)17/h5-6,8,11,13,16-17H,2-4,7,9H2,1H3. The van der Waals surface area contributed by atoms with E-state index in [0.717, 1.165) is 32.1 Å². The van der Waals surface area contributed by atoms with Crippen molar-refractivity contribution in [2.45, 2.75) is 51.2 Å². The molecule has 1 aliphatic carbocycles. The molecule has 0 heterocycles. The number of aliphatic hydroxyl groups is 1. The summed E-state index contributed by atoms with van der Waals surface area (Å²) in [5.41, 5.74) is 1.15. The van der Waals surface area contributed by atoms with Crippen molar-refractivity contribution in [3.8, 4) is 0 Å². The number of rotatable bonds is 2. The number of hydrogen-bond donors (Lipinski definition) is 2. The molecule has 0 saturated heterocycles. The normalized spacial score (nSPS) is 25.4. The number of benzene rings is 1. The molecule has 94 valence electrons. The van der Waals surface area contributed by atoms with Gasteiger partial charge in [-0.15, -0.1) is 0 Å². The van der Waals surface area contributed by atoms with Crippen LogP contribution in [0.4, 0.5) is 10.1 Å². The molecule has 3 heteroatoms. The van der Waals surface area contributed by atoms with Gasteiger partial charge in [-0.3, -0.25) is 0 Å². The first-order valence-corrected chi connectivity index (χ1v) is 6.38. The van der Waals surface area contributed by atoms with E-state index in [0.29, 0.717) is 11.3 Å². The lowest BCUT2D eigenvalue weighted by atomic mass is 10.1. The van der Waals surface area contributed by atoms with Crippen LogP contribution in [-0.4, -0.2) is 17.3 Å². The lowest BCUT2D eigenvalue weighted by Crippen LogP contribution is -2.32. The predicted molar refractivity (Wildman–Crippen MR) is 67.6 cm³/mol. The fourth-order valence-electron chi connectivity index (χ4n) is 2.42. The Labute approximate surface area is 102 Å². The average Bonchev–Trinajstić information content (AvgIpc) is 2.51. The second-order valence-corrected chi connectivity index (χ2v) is 4.89. The van der Waals surface area contributed by atoms with Crippen molar-refractivity contribution in [2.24, 2.45) is 0 Å². The quantitative estimate of drug-likeness (QED) is 0.774. The lowest BCUT2D eigenvalue weighted by Gasteiger charge is -2.23. The highest BCUT2D eigenvalue weighted by molar-refractivity contribution is 5.48. The summed E-state index contributed by atoms with van der Waals surface area (Å²) in [7, 11) is 0. The van der Waals surface area contributed by atoms with Crippen molar-refractivity contribution in [3.63, 3.8) is 0 Å². The third kappa shape index (κ3) is 2.97. The average molecular weight is 237 g/mol. The molecule has 2 N–H and O–H groups in total. The fraction of sp³-hybridized carbons (Fsp3) is 0.571. The minimum absolute atomic E-state index is 0.0196. The Morgan fingerprint density at radius 1 is 1.24 bits per heavy atom. The van der Waals surface area contributed by atoms with Crippen molar-refractivity contribution in [2.75, 3.05) is 5.32 Å². The number of aliphatic hydroxyl groups excluding tert-OH is 1. The molecular weight excluding hydrogens is 217 g/mol. The molecule has 17 heavy (non-hydrogen) atoms.